The van der Waals surface area contributed by atoms with E-state index < -0.39 is 9.84 Å². The summed E-state index contributed by atoms with van der Waals surface area (Å²) in [6, 6.07) is 0. The van der Waals surface area contributed by atoms with Gasteiger partial charge in [0.05, 0.1) is 11.5 Å². The Bertz CT molecular complexity index is 423. The Morgan fingerprint density at radius 2 is 0.724 bits per heavy atom. The molecule has 0 heterocycles. The molecule has 0 atom stereocenters. The summed E-state index contributed by atoms with van der Waals surface area (Å²) in [6.45, 7) is 13.4. The van der Waals surface area contributed by atoms with Crippen LogP contribution in [0, 0.1) is 10.8 Å². The Labute approximate surface area is 184 Å². The van der Waals surface area contributed by atoms with Crippen molar-refractivity contribution in [2.24, 2.45) is 10.8 Å². The molecular weight excluding hydrogens is 376 g/mol. The number of rotatable bonds is 20. The lowest BCUT2D eigenvalue weighted by Gasteiger charge is -2.34. The zero-order valence-corrected chi connectivity index (χ0v) is 21.8. The van der Waals surface area contributed by atoms with Crippen LogP contribution >= 0.6 is 0 Å². The first-order chi connectivity index (χ1) is 13.7. The van der Waals surface area contributed by atoms with E-state index in [-0.39, 0.29) is 10.8 Å². The van der Waals surface area contributed by atoms with Gasteiger partial charge in [0, 0.05) is 0 Å². The zero-order valence-electron chi connectivity index (χ0n) is 21.0. The van der Waals surface area contributed by atoms with Crippen molar-refractivity contribution < 1.29 is 8.42 Å². The van der Waals surface area contributed by atoms with Crippen LogP contribution in [0.15, 0.2) is 0 Å². The maximum absolute atomic E-state index is 13.4. The molecule has 0 bridgehead atoms. The van der Waals surface area contributed by atoms with Crippen LogP contribution in [0.4, 0.5) is 0 Å². The predicted molar refractivity (Wildman–Crippen MR) is 131 cm³/mol. The highest BCUT2D eigenvalue weighted by atomic mass is 32.2. The van der Waals surface area contributed by atoms with Crippen LogP contribution in [0.3, 0.4) is 0 Å². The van der Waals surface area contributed by atoms with E-state index in [1.54, 1.807) is 0 Å². The molecule has 2 nitrogen and oxygen atoms in total. The van der Waals surface area contributed by atoms with Gasteiger partial charge in [0.15, 0.2) is 9.84 Å². The van der Waals surface area contributed by atoms with Gasteiger partial charge in [-0.15, -0.1) is 0 Å². The van der Waals surface area contributed by atoms with E-state index in [2.05, 4.69) is 41.5 Å². The number of hydrogen-bond donors (Lipinski definition) is 0. The summed E-state index contributed by atoms with van der Waals surface area (Å²) in [5.41, 5.74) is -0.0894. The van der Waals surface area contributed by atoms with Gasteiger partial charge >= 0.3 is 0 Å². The summed E-state index contributed by atoms with van der Waals surface area (Å²) in [4.78, 5) is 0. The predicted octanol–water partition coefficient (Wildman–Crippen LogP) is 8.74. The van der Waals surface area contributed by atoms with E-state index >= 15 is 0 Å². The van der Waals surface area contributed by atoms with Gasteiger partial charge in [-0.3, -0.25) is 0 Å². The average molecular weight is 431 g/mol. The van der Waals surface area contributed by atoms with Crippen molar-refractivity contribution in [3.8, 4) is 0 Å². The van der Waals surface area contributed by atoms with Gasteiger partial charge in [-0.2, -0.15) is 0 Å². The molecule has 0 aromatic rings. The lowest BCUT2D eigenvalue weighted by molar-refractivity contribution is 0.273. The van der Waals surface area contributed by atoms with Gasteiger partial charge in [-0.25, -0.2) is 8.42 Å². The Kier molecular flexibility index (Phi) is 15.7. The summed E-state index contributed by atoms with van der Waals surface area (Å²) in [6.07, 6.45) is 18.6. The number of sulfone groups is 1. The summed E-state index contributed by atoms with van der Waals surface area (Å²) >= 11 is 0. The quantitative estimate of drug-likeness (QED) is 0.181. The summed E-state index contributed by atoms with van der Waals surface area (Å²) < 4.78 is 26.8. The van der Waals surface area contributed by atoms with Crippen molar-refractivity contribution in [3.63, 3.8) is 0 Å². The fraction of sp³-hybridized carbons (Fsp3) is 1.00. The van der Waals surface area contributed by atoms with Crippen LogP contribution in [-0.4, -0.2) is 19.9 Å². The highest BCUT2D eigenvalue weighted by Crippen LogP contribution is 2.37. The highest BCUT2D eigenvalue weighted by molar-refractivity contribution is 7.91. The van der Waals surface area contributed by atoms with Crippen molar-refractivity contribution in [1.82, 2.24) is 0 Å². The molecule has 0 radical (unpaired) electrons. The zero-order chi connectivity index (χ0) is 22.2. The van der Waals surface area contributed by atoms with Crippen LogP contribution < -0.4 is 0 Å². The molecule has 0 saturated heterocycles. The van der Waals surface area contributed by atoms with Crippen molar-refractivity contribution in [2.75, 3.05) is 11.5 Å². The van der Waals surface area contributed by atoms with E-state index in [0.29, 0.717) is 11.5 Å². The first kappa shape index (κ1) is 28.9. The Morgan fingerprint density at radius 1 is 0.483 bits per heavy atom. The highest BCUT2D eigenvalue weighted by Gasteiger charge is 2.35. The van der Waals surface area contributed by atoms with Crippen molar-refractivity contribution in [3.05, 3.63) is 0 Å². The molecule has 176 valence electrons. The molecule has 0 amide bonds. The topological polar surface area (TPSA) is 34.1 Å². The second kappa shape index (κ2) is 15.7. The van der Waals surface area contributed by atoms with Crippen LogP contribution in [0.25, 0.3) is 0 Å². The number of unbranched alkanes of at least 4 members (excludes halogenated alkanes) is 8. The second-order valence-electron chi connectivity index (χ2n) is 10.5. The van der Waals surface area contributed by atoms with E-state index in [1.165, 1.54) is 77.0 Å². The molecule has 0 saturated carbocycles. The molecule has 0 rings (SSSR count). The summed E-state index contributed by atoms with van der Waals surface area (Å²) in [5, 5.41) is 0. The molecule has 0 aromatic carbocycles. The first-order valence-corrected chi connectivity index (χ1v) is 14.7. The third-order valence-corrected chi connectivity index (χ3v) is 8.95. The second-order valence-corrected chi connectivity index (χ2v) is 12.5. The summed E-state index contributed by atoms with van der Waals surface area (Å²) in [5.74, 6) is 0.787. The Morgan fingerprint density at radius 3 is 0.931 bits per heavy atom. The minimum Gasteiger partial charge on any atom is -0.229 e. The third-order valence-electron chi connectivity index (χ3n) is 6.67. The van der Waals surface area contributed by atoms with Gasteiger partial charge in [-0.1, -0.05) is 119 Å². The van der Waals surface area contributed by atoms with Crippen LogP contribution in [0.1, 0.15) is 144 Å². The van der Waals surface area contributed by atoms with Crippen molar-refractivity contribution in [2.45, 2.75) is 144 Å². The van der Waals surface area contributed by atoms with Crippen LogP contribution in [-0.2, 0) is 9.84 Å². The standard InChI is InChI=1S/C26H54O2S/c1-7-11-15-19-25(5,20-16-12-8-2)23-29(27,28)24-26(6,21-17-13-9-3)22-18-14-10-4/h7-24H2,1-6H3. The fourth-order valence-electron chi connectivity index (χ4n) is 4.86. The van der Waals surface area contributed by atoms with Crippen molar-refractivity contribution >= 4 is 9.84 Å². The monoisotopic (exact) mass is 430 g/mol. The lowest BCUT2D eigenvalue weighted by Crippen LogP contribution is -2.35. The first-order valence-electron chi connectivity index (χ1n) is 12.9. The summed E-state index contributed by atoms with van der Waals surface area (Å²) in [7, 11) is -3.05. The van der Waals surface area contributed by atoms with E-state index in [9.17, 15) is 8.42 Å². The average Bonchev–Trinajstić information content (AvgIpc) is 2.61. The van der Waals surface area contributed by atoms with E-state index in [0.717, 1.165) is 25.7 Å². The van der Waals surface area contributed by atoms with Gasteiger partial charge in [0.2, 0.25) is 0 Å². The molecular formula is C26H54O2S. The molecule has 0 spiro atoms. The molecule has 0 unspecified atom stereocenters. The van der Waals surface area contributed by atoms with Gasteiger partial charge in [0.25, 0.3) is 0 Å². The molecule has 0 fully saturated rings. The van der Waals surface area contributed by atoms with Gasteiger partial charge in [-0.05, 0) is 36.5 Å². The lowest BCUT2D eigenvalue weighted by atomic mass is 9.81. The van der Waals surface area contributed by atoms with Crippen LogP contribution in [0.2, 0.25) is 0 Å². The molecule has 0 aliphatic carbocycles. The van der Waals surface area contributed by atoms with Crippen LogP contribution in [0.5, 0.6) is 0 Å². The van der Waals surface area contributed by atoms with Gasteiger partial charge < -0.3 is 0 Å². The van der Waals surface area contributed by atoms with Crippen molar-refractivity contribution in [1.29, 1.82) is 0 Å². The Balaban J connectivity index is 5.18. The normalized spacial score (nSPS) is 13.2. The molecule has 0 aliphatic rings. The molecule has 3 heteroatoms. The Hall–Kier alpha value is -0.0500. The fourth-order valence-corrected chi connectivity index (χ4v) is 7.66. The van der Waals surface area contributed by atoms with Gasteiger partial charge in [0.1, 0.15) is 0 Å². The molecule has 0 aliphatic heterocycles. The maximum atomic E-state index is 13.4. The smallest absolute Gasteiger partial charge is 0.151 e. The SMILES string of the molecule is CCCCCC(C)(CCCCC)CS(=O)(=O)CC(C)(CCCCC)CCCCC. The minimum atomic E-state index is -3.05. The van der Waals surface area contributed by atoms with E-state index in [1.807, 2.05) is 0 Å². The third kappa shape index (κ3) is 14.6. The minimum absolute atomic E-state index is 0.0447. The number of hydrogen-bond acceptors (Lipinski definition) is 2. The largest absolute Gasteiger partial charge is 0.229 e. The molecule has 0 N–H and O–H groups in total. The van der Waals surface area contributed by atoms with E-state index in [4.69, 9.17) is 0 Å². The maximum Gasteiger partial charge on any atom is 0.151 e. The molecule has 29 heavy (non-hydrogen) atoms. The molecule has 0 aromatic heterocycles.